The Bertz CT molecular complexity index is 1110. The fraction of sp³-hybridized carbons (Fsp3) is 0.0952. The number of hydrogen-bond donors (Lipinski definition) is 0. The summed E-state index contributed by atoms with van der Waals surface area (Å²) in [4.78, 5) is 14.1. The van der Waals surface area contributed by atoms with Gasteiger partial charge in [0.05, 0.1) is 24.0 Å². The summed E-state index contributed by atoms with van der Waals surface area (Å²) in [6.45, 7) is 1.90. The van der Waals surface area contributed by atoms with Crippen LogP contribution in [0, 0.1) is 6.92 Å². The van der Waals surface area contributed by atoms with Crippen molar-refractivity contribution < 1.29 is 4.74 Å². The highest BCUT2D eigenvalue weighted by atomic mass is 35.5. The van der Waals surface area contributed by atoms with Crippen molar-refractivity contribution in [3.05, 3.63) is 71.4 Å². The number of fused-ring (bicyclic) bond motifs is 1. The number of benzene rings is 2. The number of aromatic nitrogens is 3. The molecule has 0 unspecified atom stereocenters. The van der Waals surface area contributed by atoms with Crippen molar-refractivity contribution in [2.45, 2.75) is 6.92 Å². The van der Waals surface area contributed by atoms with Gasteiger partial charge in [-0.15, -0.1) is 0 Å². The summed E-state index contributed by atoms with van der Waals surface area (Å²) in [5.41, 5.74) is 4.01. The first-order chi connectivity index (χ1) is 12.7. The van der Waals surface area contributed by atoms with Crippen LogP contribution in [0.25, 0.3) is 33.7 Å². The molecular weight excluding hydrogens is 346 g/mol. The van der Waals surface area contributed by atoms with Gasteiger partial charge in [-0.05, 0) is 31.2 Å². The van der Waals surface area contributed by atoms with E-state index in [0.29, 0.717) is 16.5 Å². The highest BCUT2D eigenvalue weighted by molar-refractivity contribution is 6.33. The summed E-state index contributed by atoms with van der Waals surface area (Å²) in [7, 11) is 1.63. The third kappa shape index (κ3) is 2.89. The van der Waals surface area contributed by atoms with Crippen molar-refractivity contribution in [1.29, 1.82) is 0 Å². The second kappa shape index (κ2) is 6.73. The molecule has 0 radical (unpaired) electrons. The van der Waals surface area contributed by atoms with Crippen LogP contribution in [0.2, 0.25) is 5.02 Å². The van der Waals surface area contributed by atoms with Crippen LogP contribution in [0.15, 0.2) is 60.7 Å². The molecule has 0 fully saturated rings. The molecule has 0 saturated carbocycles. The lowest BCUT2D eigenvalue weighted by atomic mass is 10.1. The van der Waals surface area contributed by atoms with E-state index in [9.17, 15) is 0 Å². The third-order valence-electron chi connectivity index (χ3n) is 4.22. The zero-order valence-electron chi connectivity index (χ0n) is 14.4. The van der Waals surface area contributed by atoms with Gasteiger partial charge in [-0.25, -0.2) is 15.0 Å². The molecule has 0 amide bonds. The molecule has 2 heterocycles. The Morgan fingerprint density at radius 2 is 1.62 bits per heavy atom. The molecule has 0 spiro atoms. The predicted octanol–water partition coefficient (Wildman–Crippen LogP) is 5.33. The lowest BCUT2D eigenvalue weighted by Crippen LogP contribution is -1.99. The lowest BCUT2D eigenvalue weighted by molar-refractivity contribution is 0.409. The first-order valence-corrected chi connectivity index (χ1v) is 8.59. The van der Waals surface area contributed by atoms with E-state index in [1.807, 2.05) is 67.6 Å². The highest BCUT2D eigenvalue weighted by Gasteiger charge is 2.14. The number of methoxy groups -OCH3 is 1. The Labute approximate surface area is 156 Å². The Morgan fingerprint density at radius 3 is 2.38 bits per heavy atom. The van der Waals surface area contributed by atoms with Crippen LogP contribution >= 0.6 is 11.6 Å². The molecule has 5 heteroatoms. The van der Waals surface area contributed by atoms with Gasteiger partial charge in [0.25, 0.3) is 0 Å². The molecule has 2 aromatic heterocycles. The number of para-hydroxylation sites is 1. The molecule has 128 valence electrons. The number of nitrogens with zero attached hydrogens (tertiary/aromatic N) is 3. The number of pyridine rings is 1. The van der Waals surface area contributed by atoms with Crippen molar-refractivity contribution in [2.24, 2.45) is 0 Å². The SMILES string of the molecule is COc1ccc(-c2nc(-c3ccccc3Cl)c3ccccc3n2)nc1C. The summed E-state index contributed by atoms with van der Waals surface area (Å²) < 4.78 is 5.29. The topological polar surface area (TPSA) is 47.9 Å². The fourth-order valence-corrected chi connectivity index (χ4v) is 3.16. The van der Waals surface area contributed by atoms with Gasteiger partial charge < -0.3 is 4.74 Å². The molecule has 4 rings (SSSR count). The maximum Gasteiger partial charge on any atom is 0.179 e. The Balaban J connectivity index is 1.98. The quantitative estimate of drug-likeness (QED) is 0.495. The van der Waals surface area contributed by atoms with Gasteiger partial charge in [0.15, 0.2) is 5.82 Å². The zero-order chi connectivity index (χ0) is 18.1. The van der Waals surface area contributed by atoms with E-state index >= 15 is 0 Å². The summed E-state index contributed by atoms with van der Waals surface area (Å²) in [5.74, 6) is 1.30. The Hall–Kier alpha value is -2.98. The Morgan fingerprint density at radius 1 is 0.846 bits per heavy atom. The molecule has 4 aromatic rings. The maximum absolute atomic E-state index is 6.43. The molecule has 4 nitrogen and oxygen atoms in total. The minimum atomic E-state index is 0.560. The summed E-state index contributed by atoms with van der Waals surface area (Å²) >= 11 is 6.43. The second-order valence-corrected chi connectivity index (χ2v) is 6.28. The summed E-state index contributed by atoms with van der Waals surface area (Å²) in [6.07, 6.45) is 0. The number of aryl methyl sites for hydroxylation is 1. The second-order valence-electron chi connectivity index (χ2n) is 5.88. The van der Waals surface area contributed by atoms with Gasteiger partial charge in [0, 0.05) is 16.0 Å². The summed E-state index contributed by atoms with van der Waals surface area (Å²) in [5, 5.41) is 1.61. The van der Waals surface area contributed by atoms with E-state index in [-0.39, 0.29) is 0 Å². The smallest absolute Gasteiger partial charge is 0.179 e. The van der Waals surface area contributed by atoms with Crippen LogP contribution < -0.4 is 4.74 Å². The minimum Gasteiger partial charge on any atom is -0.495 e. The van der Waals surface area contributed by atoms with Crippen molar-refractivity contribution in [3.8, 4) is 28.5 Å². The standard InChI is InChI=1S/C21H16ClN3O/c1-13-19(26-2)12-11-18(23-13)21-24-17-10-6-4-8-15(17)20(25-21)14-7-3-5-9-16(14)22/h3-12H,1-2H3. The molecule has 0 saturated heterocycles. The van der Waals surface area contributed by atoms with Crippen LogP contribution in [-0.4, -0.2) is 22.1 Å². The molecule has 0 bridgehead atoms. The van der Waals surface area contributed by atoms with E-state index < -0.39 is 0 Å². The van der Waals surface area contributed by atoms with E-state index in [4.69, 9.17) is 26.3 Å². The normalized spacial score (nSPS) is 10.9. The molecule has 26 heavy (non-hydrogen) atoms. The monoisotopic (exact) mass is 361 g/mol. The van der Waals surface area contributed by atoms with Gasteiger partial charge in [0.2, 0.25) is 0 Å². The fourth-order valence-electron chi connectivity index (χ4n) is 2.94. The largest absolute Gasteiger partial charge is 0.495 e. The van der Waals surface area contributed by atoms with Crippen molar-refractivity contribution in [2.75, 3.05) is 7.11 Å². The molecule has 0 aliphatic carbocycles. The predicted molar refractivity (Wildman–Crippen MR) is 105 cm³/mol. The maximum atomic E-state index is 6.43. The van der Waals surface area contributed by atoms with E-state index in [0.717, 1.165) is 33.6 Å². The van der Waals surface area contributed by atoms with E-state index in [1.165, 1.54) is 0 Å². The first-order valence-electron chi connectivity index (χ1n) is 8.21. The molecule has 2 aromatic carbocycles. The summed E-state index contributed by atoms with van der Waals surface area (Å²) in [6, 6.07) is 19.3. The van der Waals surface area contributed by atoms with E-state index in [2.05, 4.69) is 4.98 Å². The van der Waals surface area contributed by atoms with Crippen molar-refractivity contribution in [1.82, 2.24) is 15.0 Å². The van der Waals surface area contributed by atoms with Crippen molar-refractivity contribution >= 4 is 22.5 Å². The number of halogens is 1. The van der Waals surface area contributed by atoms with Crippen LogP contribution in [0.4, 0.5) is 0 Å². The van der Waals surface area contributed by atoms with Gasteiger partial charge in [-0.2, -0.15) is 0 Å². The highest BCUT2D eigenvalue weighted by Crippen LogP contribution is 2.33. The lowest BCUT2D eigenvalue weighted by Gasteiger charge is -2.11. The van der Waals surface area contributed by atoms with Crippen molar-refractivity contribution in [3.63, 3.8) is 0 Å². The van der Waals surface area contributed by atoms with E-state index in [1.54, 1.807) is 7.11 Å². The molecular formula is C21H16ClN3O. The first kappa shape index (κ1) is 16.5. The molecule has 0 aliphatic heterocycles. The van der Waals surface area contributed by atoms with Gasteiger partial charge in [-0.1, -0.05) is 48.0 Å². The minimum absolute atomic E-state index is 0.560. The van der Waals surface area contributed by atoms with Crippen LogP contribution in [-0.2, 0) is 0 Å². The molecule has 0 atom stereocenters. The Kier molecular flexibility index (Phi) is 4.27. The number of rotatable bonds is 3. The molecule has 0 aliphatic rings. The zero-order valence-corrected chi connectivity index (χ0v) is 15.2. The number of hydrogen-bond acceptors (Lipinski definition) is 4. The third-order valence-corrected chi connectivity index (χ3v) is 4.55. The van der Waals surface area contributed by atoms with Gasteiger partial charge in [-0.3, -0.25) is 0 Å². The van der Waals surface area contributed by atoms with Crippen LogP contribution in [0.3, 0.4) is 0 Å². The van der Waals surface area contributed by atoms with Gasteiger partial charge >= 0.3 is 0 Å². The molecule has 0 N–H and O–H groups in total. The average Bonchev–Trinajstić information content (AvgIpc) is 2.67. The van der Waals surface area contributed by atoms with Gasteiger partial charge in [0.1, 0.15) is 11.4 Å². The number of ether oxygens (including phenoxy) is 1. The van der Waals surface area contributed by atoms with Crippen LogP contribution in [0.1, 0.15) is 5.69 Å². The average molecular weight is 362 g/mol. The van der Waals surface area contributed by atoms with Crippen LogP contribution in [0.5, 0.6) is 5.75 Å².